The lowest BCUT2D eigenvalue weighted by Crippen LogP contribution is -2.62. The Morgan fingerprint density at radius 1 is 0.972 bits per heavy atom. The van der Waals surface area contributed by atoms with Gasteiger partial charge in [0.05, 0.1) is 18.7 Å². The number of carbonyl (C=O) groups is 3. The first-order valence-corrected chi connectivity index (χ1v) is 12.0. The molecule has 0 unspecified atom stereocenters. The molecule has 3 aromatic carbocycles. The Labute approximate surface area is 208 Å². The van der Waals surface area contributed by atoms with Crippen LogP contribution in [0.4, 0.5) is 0 Å². The van der Waals surface area contributed by atoms with Gasteiger partial charge in [-0.05, 0) is 34.9 Å². The third kappa shape index (κ3) is 3.55. The van der Waals surface area contributed by atoms with E-state index < -0.39 is 18.1 Å². The van der Waals surface area contributed by atoms with Crippen molar-refractivity contribution in [3.63, 3.8) is 0 Å². The van der Waals surface area contributed by atoms with Crippen LogP contribution in [0.1, 0.15) is 38.8 Å². The summed E-state index contributed by atoms with van der Waals surface area (Å²) in [4.78, 5) is 46.3. The summed E-state index contributed by atoms with van der Waals surface area (Å²) in [5.74, 6) is -0.567. The van der Waals surface area contributed by atoms with Crippen LogP contribution in [0.15, 0.2) is 78.9 Å². The van der Waals surface area contributed by atoms with Crippen LogP contribution in [0.2, 0.25) is 0 Å². The number of para-hydroxylation sites is 1. The number of aromatic amines is 1. The summed E-state index contributed by atoms with van der Waals surface area (Å²) >= 11 is 0. The Kier molecular flexibility index (Phi) is 5.33. The van der Waals surface area contributed by atoms with Gasteiger partial charge in [0.2, 0.25) is 11.8 Å². The first-order valence-electron chi connectivity index (χ1n) is 12.0. The number of nitrogens with zero attached hydrogens (tertiary/aromatic N) is 2. The van der Waals surface area contributed by atoms with E-state index in [0.717, 1.165) is 33.3 Å². The topological polar surface area (TPSA) is 82.7 Å². The predicted octanol–water partition coefficient (Wildman–Crippen LogP) is 3.84. The van der Waals surface area contributed by atoms with Crippen molar-refractivity contribution >= 4 is 28.7 Å². The summed E-state index contributed by atoms with van der Waals surface area (Å²) in [7, 11) is 1.35. The van der Waals surface area contributed by atoms with E-state index in [-0.39, 0.29) is 18.4 Å². The standard InChI is InChI=1S/C29H25N3O4/c1-36-29(35)20-13-11-19(12-14-20)27-26-22(21-9-5-6-10-23(21)30-26)15-24-28(34)31(17-25(33)32(24)27)16-18-7-3-2-4-8-18/h2-14,24,27,30H,15-17H2,1H3/t24-,27+/m0/s1. The molecule has 1 saturated heterocycles. The normalized spacial score (nSPS) is 19.2. The van der Waals surface area contributed by atoms with Crippen LogP contribution >= 0.6 is 0 Å². The van der Waals surface area contributed by atoms with Crippen molar-refractivity contribution in [3.05, 3.63) is 107 Å². The maximum atomic E-state index is 13.8. The maximum Gasteiger partial charge on any atom is 0.337 e. The van der Waals surface area contributed by atoms with Gasteiger partial charge in [-0.1, -0.05) is 60.7 Å². The van der Waals surface area contributed by atoms with Crippen molar-refractivity contribution in [2.75, 3.05) is 13.7 Å². The molecule has 1 N–H and O–H groups in total. The number of nitrogens with one attached hydrogen (secondary N) is 1. The van der Waals surface area contributed by atoms with Gasteiger partial charge < -0.3 is 19.5 Å². The van der Waals surface area contributed by atoms with E-state index in [0.29, 0.717) is 18.5 Å². The highest BCUT2D eigenvalue weighted by molar-refractivity contribution is 5.97. The molecule has 0 radical (unpaired) electrons. The molecule has 0 aliphatic carbocycles. The van der Waals surface area contributed by atoms with Crippen molar-refractivity contribution in [2.45, 2.75) is 25.0 Å². The molecule has 1 fully saturated rings. The van der Waals surface area contributed by atoms with Gasteiger partial charge in [0.1, 0.15) is 12.6 Å². The molecule has 2 aliphatic heterocycles. The lowest BCUT2D eigenvalue weighted by molar-refractivity contribution is -0.159. The molecule has 180 valence electrons. The fourth-order valence-corrected chi connectivity index (χ4v) is 5.53. The summed E-state index contributed by atoms with van der Waals surface area (Å²) in [5, 5.41) is 1.06. The van der Waals surface area contributed by atoms with Crippen LogP contribution in [-0.4, -0.2) is 52.3 Å². The minimum Gasteiger partial charge on any atom is -0.465 e. The Morgan fingerprint density at radius 3 is 2.44 bits per heavy atom. The fourth-order valence-electron chi connectivity index (χ4n) is 5.53. The predicted molar refractivity (Wildman–Crippen MR) is 134 cm³/mol. The molecular formula is C29H25N3O4. The number of esters is 1. The van der Waals surface area contributed by atoms with Crippen molar-refractivity contribution in [1.29, 1.82) is 0 Å². The number of H-pyrrole nitrogens is 1. The van der Waals surface area contributed by atoms with Gasteiger partial charge in [-0.15, -0.1) is 0 Å². The van der Waals surface area contributed by atoms with E-state index >= 15 is 0 Å². The number of piperazine rings is 1. The number of methoxy groups -OCH3 is 1. The molecule has 7 heteroatoms. The minimum atomic E-state index is -0.605. The van der Waals surface area contributed by atoms with Crippen LogP contribution in [0.3, 0.4) is 0 Å². The third-order valence-corrected chi connectivity index (χ3v) is 7.21. The maximum absolute atomic E-state index is 13.8. The van der Waals surface area contributed by atoms with Gasteiger partial charge in [-0.2, -0.15) is 0 Å². The fraction of sp³-hybridized carbons (Fsp3) is 0.207. The summed E-state index contributed by atoms with van der Waals surface area (Å²) < 4.78 is 4.84. The molecule has 6 rings (SSSR count). The molecule has 2 aliphatic rings. The highest BCUT2D eigenvalue weighted by Gasteiger charge is 2.48. The largest absolute Gasteiger partial charge is 0.465 e. The summed E-state index contributed by atoms with van der Waals surface area (Å²) in [6.07, 6.45) is 0.450. The van der Waals surface area contributed by atoms with Crippen LogP contribution in [0.5, 0.6) is 0 Å². The lowest BCUT2D eigenvalue weighted by atomic mass is 9.86. The average molecular weight is 480 g/mol. The van der Waals surface area contributed by atoms with Crippen molar-refractivity contribution < 1.29 is 19.1 Å². The highest BCUT2D eigenvalue weighted by atomic mass is 16.5. The Bertz CT molecular complexity index is 1480. The summed E-state index contributed by atoms with van der Waals surface area (Å²) in [6, 6.07) is 23.8. The highest BCUT2D eigenvalue weighted by Crippen LogP contribution is 2.42. The van der Waals surface area contributed by atoms with Crippen LogP contribution in [0.25, 0.3) is 10.9 Å². The molecule has 0 spiro atoms. The van der Waals surface area contributed by atoms with E-state index in [1.807, 2.05) is 60.7 Å². The first kappa shape index (κ1) is 22.1. The Hall–Kier alpha value is -4.39. The number of aromatic nitrogens is 1. The second-order valence-electron chi connectivity index (χ2n) is 9.28. The van der Waals surface area contributed by atoms with Crippen LogP contribution in [-0.2, 0) is 27.3 Å². The molecule has 0 saturated carbocycles. The lowest BCUT2D eigenvalue weighted by Gasteiger charge is -2.47. The first-order chi connectivity index (χ1) is 17.5. The average Bonchev–Trinajstić information content (AvgIpc) is 3.29. The zero-order valence-electron chi connectivity index (χ0n) is 19.8. The number of hydrogen-bond acceptors (Lipinski definition) is 4. The van der Waals surface area contributed by atoms with Crippen molar-refractivity contribution in [1.82, 2.24) is 14.8 Å². The second-order valence-corrected chi connectivity index (χ2v) is 9.28. The third-order valence-electron chi connectivity index (χ3n) is 7.21. The number of fused-ring (bicyclic) bond motifs is 4. The number of ether oxygens (including phenoxy) is 1. The van der Waals surface area contributed by atoms with Gasteiger partial charge in [0.25, 0.3) is 0 Å². The number of carbonyl (C=O) groups excluding carboxylic acids is 3. The minimum absolute atomic E-state index is 0.0243. The molecule has 3 heterocycles. The summed E-state index contributed by atoms with van der Waals surface area (Å²) in [5.41, 5.74) is 5.19. The number of rotatable bonds is 4. The number of benzene rings is 3. The van der Waals surface area contributed by atoms with Gasteiger partial charge in [-0.3, -0.25) is 9.59 Å². The van der Waals surface area contributed by atoms with Crippen molar-refractivity contribution in [3.8, 4) is 0 Å². The van der Waals surface area contributed by atoms with Gasteiger partial charge >= 0.3 is 5.97 Å². The number of amides is 2. The zero-order valence-corrected chi connectivity index (χ0v) is 19.8. The van der Waals surface area contributed by atoms with E-state index in [2.05, 4.69) is 11.1 Å². The Balaban J connectivity index is 1.44. The molecule has 2 amide bonds. The number of hydrogen-bond donors (Lipinski definition) is 1. The molecule has 7 nitrogen and oxygen atoms in total. The Morgan fingerprint density at radius 2 is 1.69 bits per heavy atom. The van der Waals surface area contributed by atoms with E-state index in [1.165, 1.54) is 7.11 Å². The molecular weight excluding hydrogens is 454 g/mol. The molecule has 4 aromatic rings. The van der Waals surface area contributed by atoms with Gasteiger partial charge in [-0.25, -0.2) is 4.79 Å². The zero-order chi connectivity index (χ0) is 24.8. The van der Waals surface area contributed by atoms with E-state index in [4.69, 9.17) is 4.74 Å². The smallest absolute Gasteiger partial charge is 0.337 e. The van der Waals surface area contributed by atoms with Crippen LogP contribution in [0, 0.1) is 0 Å². The SMILES string of the molecule is COC(=O)c1ccc([C@@H]2c3[nH]c4ccccc4c3C[C@H]3C(=O)N(Cc4ccccc4)CC(=O)N23)cc1. The van der Waals surface area contributed by atoms with Gasteiger partial charge in [0.15, 0.2) is 0 Å². The molecule has 0 bridgehead atoms. The van der Waals surface area contributed by atoms with E-state index in [1.54, 1.807) is 21.9 Å². The molecule has 2 atom stereocenters. The summed E-state index contributed by atoms with van der Waals surface area (Å²) in [6.45, 7) is 0.422. The monoisotopic (exact) mass is 479 g/mol. The van der Waals surface area contributed by atoms with Gasteiger partial charge in [0, 0.05) is 29.6 Å². The quantitative estimate of drug-likeness (QED) is 0.451. The van der Waals surface area contributed by atoms with Crippen molar-refractivity contribution in [2.24, 2.45) is 0 Å². The van der Waals surface area contributed by atoms with Crippen LogP contribution < -0.4 is 0 Å². The van der Waals surface area contributed by atoms with E-state index in [9.17, 15) is 14.4 Å². The molecule has 1 aromatic heterocycles. The molecule has 36 heavy (non-hydrogen) atoms. The second kappa shape index (κ2) is 8.68.